The first-order chi connectivity index (χ1) is 7.07. The summed E-state index contributed by atoms with van der Waals surface area (Å²) in [4.78, 5) is 0. The van der Waals surface area contributed by atoms with E-state index in [0.717, 1.165) is 5.56 Å². The third kappa shape index (κ3) is 1.66. The predicted octanol–water partition coefficient (Wildman–Crippen LogP) is 1.49. The molecule has 3 heteroatoms. The zero-order valence-corrected chi connectivity index (χ0v) is 8.83. The second kappa shape index (κ2) is 3.58. The van der Waals surface area contributed by atoms with Crippen molar-refractivity contribution in [2.45, 2.75) is 31.3 Å². The van der Waals surface area contributed by atoms with Gasteiger partial charge in [0.15, 0.2) is 0 Å². The molecule has 0 aliphatic heterocycles. The number of aliphatic hydroxyl groups excluding tert-OH is 1. The van der Waals surface area contributed by atoms with Crippen LogP contribution in [0.3, 0.4) is 0 Å². The average Bonchev–Trinajstić information content (AvgIpc) is 2.17. The van der Waals surface area contributed by atoms with E-state index in [-0.39, 0.29) is 17.3 Å². The van der Waals surface area contributed by atoms with Crippen molar-refractivity contribution in [1.29, 1.82) is 0 Å². The van der Waals surface area contributed by atoms with Crippen LogP contribution < -0.4 is 5.73 Å². The van der Waals surface area contributed by atoms with Gasteiger partial charge in [-0.1, -0.05) is 12.1 Å². The van der Waals surface area contributed by atoms with Crippen LogP contribution in [0.1, 0.15) is 24.0 Å². The summed E-state index contributed by atoms with van der Waals surface area (Å²) in [5.74, 6) is -0.189. The molecule has 2 rings (SSSR count). The van der Waals surface area contributed by atoms with Crippen LogP contribution in [0.2, 0.25) is 0 Å². The number of hydrogen-bond donors (Lipinski definition) is 2. The summed E-state index contributed by atoms with van der Waals surface area (Å²) >= 11 is 0. The number of hydrogen-bond acceptors (Lipinski definition) is 2. The molecule has 3 N–H and O–H groups in total. The molecule has 1 aromatic rings. The fourth-order valence-corrected chi connectivity index (χ4v) is 2.34. The normalized spacial score (nSPS) is 30.0. The first kappa shape index (κ1) is 10.6. The third-order valence-electron chi connectivity index (χ3n) is 3.41. The van der Waals surface area contributed by atoms with Gasteiger partial charge < -0.3 is 10.8 Å². The van der Waals surface area contributed by atoms with Gasteiger partial charge >= 0.3 is 0 Å². The molecule has 0 bridgehead atoms. The lowest BCUT2D eigenvalue weighted by Crippen LogP contribution is -2.49. The Bertz CT molecular complexity index is 372. The van der Waals surface area contributed by atoms with Crippen LogP contribution in [0.25, 0.3) is 0 Å². The van der Waals surface area contributed by atoms with Crippen molar-refractivity contribution in [3.63, 3.8) is 0 Å². The Kier molecular flexibility index (Phi) is 2.52. The molecule has 0 saturated heterocycles. The fraction of sp³-hybridized carbons (Fsp3) is 0.500. The number of halogens is 1. The second-order valence-corrected chi connectivity index (χ2v) is 4.51. The molecule has 0 spiro atoms. The summed E-state index contributed by atoms with van der Waals surface area (Å²) in [7, 11) is 0. The second-order valence-electron chi connectivity index (χ2n) is 4.51. The highest BCUT2D eigenvalue weighted by Crippen LogP contribution is 2.43. The molecule has 1 saturated carbocycles. The minimum atomic E-state index is -0.251. The van der Waals surface area contributed by atoms with E-state index < -0.39 is 0 Å². The Morgan fingerprint density at radius 1 is 1.53 bits per heavy atom. The molecule has 2 nitrogen and oxygen atoms in total. The van der Waals surface area contributed by atoms with E-state index >= 15 is 0 Å². The zero-order valence-electron chi connectivity index (χ0n) is 8.83. The molecule has 1 aromatic carbocycles. The lowest BCUT2D eigenvalue weighted by atomic mass is 9.62. The molecule has 0 atom stereocenters. The minimum Gasteiger partial charge on any atom is -0.393 e. The van der Waals surface area contributed by atoms with Crippen molar-refractivity contribution in [3.05, 3.63) is 35.1 Å². The van der Waals surface area contributed by atoms with Gasteiger partial charge in [-0.15, -0.1) is 0 Å². The van der Waals surface area contributed by atoms with Crippen LogP contribution >= 0.6 is 0 Å². The van der Waals surface area contributed by atoms with Crippen LogP contribution in [0.4, 0.5) is 4.39 Å². The molecule has 0 aromatic heterocycles. The Morgan fingerprint density at radius 2 is 2.20 bits per heavy atom. The SMILES string of the molecule is Cc1cc(C2(CN)CC(O)C2)ccc1F. The minimum absolute atomic E-state index is 0.127. The van der Waals surface area contributed by atoms with E-state index in [0.29, 0.717) is 24.9 Å². The molecular weight excluding hydrogens is 193 g/mol. The average molecular weight is 209 g/mol. The summed E-state index contributed by atoms with van der Waals surface area (Å²) in [6.07, 6.45) is 1.13. The molecule has 1 aliphatic carbocycles. The van der Waals surface area contributed by atoms with Crippen molar-refractivity contribution in [2.24, 2.45) is 5.73 Å². The number of aryl methyl sites for hydroxylation is 1. The van der Waals surface area contributed by atoms with Crippen molar-refractivity contribution >= 4 is 0 Å². The van der Waals surface area contributed by atoms with E-state index in [1.54, 1.807) is 13.0 Å². The molecular formula is C12H16FNO. The smallest absolute Gasteiger partial charge is 0.126 e. The van der Waals surface area contributed by atoms with Gasteiger partial charge in [-0.25, -0.2) is 4.39 Å². The topological polar surface area (TPSA) is 46.2 Å². The number of nitrogens with two attached hydrogens (primary N) is 1. The molecule has 15 heavy (non-hydrogen) atoms. The van der Waals surface area contributed by atoms with Crippen molar-refractivity contribution < 1.29 is 9.50 Å². The fourth-order valence-electron chi connectivity index (χ4n) is 2.34. The third-order valence-corrected chi connectivity index (χ3v) is 3.41. The lowest BCUT2D eigenvalue weighted by Gasteiger charge is -2.45. The Hall–Kier alpha value is -0.930. The van der Waals surface area contributed by atoms with Crippen molar-refractivity contribution in [2.75, 3.05) is 6.54 Å². The van der Waals surface area contributed by atoms with Crippen LogP contribution in [0, 0.1) is 12.7 Å². The van der Waals surface area contributed by atoms with Gasteiger partial charge in [0, 0.05) is 12.0 Å². The standard InChI is InChI=1S/C12H16FNO/c1-8-4-9(2-3-11(8)13)12(7-14)5-10(15)6-12/h2-4,10,15H,5-7,14H2,1H3. The maximum atomic E-state index is 13.1. The highest BCUT2D eigenvalue weighted by atomic mass is 19.1. The molecule has 0 heterocycles. The number of aliphatic hydroxyl groups is 1. The Balaban J connectivity index is 2.32. The van der Waals surface area contributed by atoms with Crippen LogP contribution in [0.15, 0.2) is 18.2 Å². The Labute approximate surface area is 88.9 Å². The predicted molar refractivity (Wildman–Crippen MR) is 57.1 cm³/mol. The highest BCUT2D eigenvalue weighted by Gasteiger charge is 2.43. The monoisotopic (exact) mass is 209 g/mol. The van der Waals surface area contributed by atoms with Gasteiger partial charge in [-0.2, -0.15) is 0 Å². The molecule has 0 unspecified atom stereocenters. The zero-order chi connectivity index (χ0) is 11.1. The van der Waals surface area contributed by atoms with Gasteiger partial charge in [0.2, 0.25) is 0 Å². The summed E-state index contributed by atoms with van der Waals surface area (Å²) in [6, 6.07) is 5.10. The quantitative estimate of drug-likeness (QED) is 0.775. The van der Waals surface area contributed by atoms with Gasteiger partial charge in [0.25, 0.3) is 0 Å². The maximum Gasteiger partial charge on any atom is 0.126 e. The summed E-state index contributed by atoms with van der Waals surface area (Å²) in [5, 5.41) is 9.37. The van der Waals surface area contributed by atoms with Gasteiger partial charge in [-0.05, 0) is 37.0 Å². The molecule has 82 valence electrons. The van der Waals surface area contributed by atoms with E-state index in [1.165, 1.54) is 6.07 Å². The van der Waals surface area contributed by atoms with Crippen molar-refractivity contribution in [3.8, 4) is 0 Å². The van der Waals surface area contributed by atoms with Gasteiger partial charge in [-0.3, -0.25) is 0 Å². The number of benzene rings is 1. The Morgan fingerprint density at radius 3 is 2.67 bits per heavy atom. The lowest BCUT2D eigenvalue weighted by molar-refractivity contribution is 0.0221. The first-order valence-electron chi connectivity index (χ1n) is 5.22. The maximum absolute atomic E-state index is 13.1. The van der Waals surface area contributed by atoms with E-state index in [4.69, 9.17) is 5.73 Å². The summed E-state index contributed by atoms with van der Waals surface area (Å²) in [6.45, 7) is 2.26. The largest absolute Gasteiger partial charge is 0.393 e. The van der Waals surface area contributed by atoms with Gasteiger partial charge in [0.1, 0.15) is 5.82 Å². The first-order valence-corrected chi connectivity index (χ1v) is 5.22. The van der Waals surface area contributed by atoms with Crippen LogP contribution in [0.5, 0.6) is 0 Å². The highest BCUT2D eigenvalue weighted by molar-refractivity contribution is 5.33. The molecule has 0 amide bonds. The summed E-state index contributed by atoms with van der Waals surface area (Å²) in [5.41, 5.74) is 7.31. The molecule has 0 radical (unpaired) electrons. The van der Waals surface area contributed by atoms with E-state index in [2.05, 4.69) is 0 Å². The van der Waals surface area contributed by atoms with Crippen LogP contribution in [-0.4, -0.2) is 17.8 Å². The molecule has 1 aliphatic rings. The number of rotatable bonds is 2. The summed E-state index contributed by atoms with van der Waals surface area (Å²) < 4.78 is 13.1. The van der Waals surface area contributed by atoms with Gasteiger partial charge in [0.05, 0.1) is 6.10 Å². The van der Waals surface area contributed by atoms with E-state index in [9.17, 15) is 9.50 Å². The van der Waals surface area contributed by atoms with Crippen LogP contribution in [-0.2, 0) is 5.41 Å². The van der Waals surface area contributed by atoms with Crippen molar-refractivity contribution in [1.82, 2.24) is 0 Å². The molecule has 1 fully saturated rings. The van der Waals surface area contributed by atoms with E-state index in [1.807, 2.05) is 6.07 Å².